The molecule has 0 aliphatic rings. The fraction of sp³-hybridized carbons (Fsp3) is 0.357. The molecule has 0 amide bonds. The van der Waals surface area contributed by atoms with E-state index >= 15 is 0 Å². The van der Waals surface area contributed by atoms with E-state index in [1.165, 1.54) is 31.6 Å². The van der Waals surface area contributed by atoms with Crippen molar-refractivity contribution in [3.63, 3.8) is 0 Å². The van der Waals surface area contributed by atoms with Crippen LogP contribution in [0.5, 0.6) is 0 Å². The fourth-order valence-corrected chi connectivity index (χ4v) is 2.20. The molecule has 0 spiro atoms. The maximum absolute atomic E-state index is 10.0. The van der Waals surface area contributed by atoms with Crippen molar-refractivity contribution in [2.45, 2.75) is 20.0 Å². The van der Waals surface area contributed by atoms with Gasteiger partial charge in [0.1, 0.15) is 0 Å². The first kappa shape index (κ1) is 19.9. The quantitative estimate of drug-likeness (QED) is 0.334. The van der Waals surface area contributed by atoms with Crippen molar-refractivity contribution in [3.05, 3.63) is 47.7 Å². The van der Waals surface area contributed by atoms with Gasteiger partial charge in [0.15, 0.2) is 5.78 Å². The second kappa shape index (κ2) is 11.6. The summed E-state index contributed by atoms with van der Waals surface area (Å²) in [5.74, 6) is -0.0625. The molecule has 0 heterocycles. The summed E-state index contributed by atoms with van der Waals surface area (Å²) in [7, 11) is -0.118. The zero-order valence-corrected chi connectivity index (χ0v) is 14.5. The van der Waals surface area contributed by atoms with Gasteiger partial charge in [0.05, 0.1) is 11.9 Å². The zero-order valence-electron chi connectivity index (χ0n) is 11.3. The van der Waals surface area contributed by atoms with Crippen molar-refractivity contribution in [2.75, 3.05) is 13.3 Å². The number of hydrogen-bond acceptors (Lipinski definition) is 2. The van der Waals surface area contributed by atoms with Crippen LogP contribution in [-0.4, -0.2) is 24.2 Å². The van der Waals surface area contributed by atoms with Gasteiger partial charge in [0, 0.05) is 40.5 Å². The molecule has 1 rings (SSSR count). The predicted molar refractivity (Wildman–Crippen MR) is 76.2 cm³/mol. The van der Waals surface area contributed by atoms with Gasteiger partial charge in [0.2, 0.25) is 0 Å². The van der Waals surface area contributed by atoms with Gasteiger partial charge in [-0.2, -0.15) is 30.3 Å². The second-order valence-corrected chi connectivity index (χ2v) is 6.94. The first-order chi connectivity index (χ1) is 7.91. The number of carbonyl (C=O) groups excluding carboxylic acids is 1. The van der Waals surface area contributed by atoms with Gasteiger partial charge >= 0.3 is 0 Å². The molecule has 1 aromatic carbocycles. The van der Waals surface area contributed by atoms with Crippen LogP contribution in [0.3, 0.4) is 0 Å². The molecular formula is C14H21O2PPt. The SMILES string of the molecule is CC(=O)C=C(C)O.C[PH+](C)Cc1[c-]cccc1.[Pt]. The summed E-state index contributed by atoms with van der Waals surface area (Å²) in [5, 5.41) is 8.36. The third-order valence-electron chi connectivity index (χ3n) is 1.73. The van der Waals surface area contributed by atoms with Gasteiger partial charge in [-0.25, -0.2) is 0 Å². The third-order valence-corrected chi connectivity index (χ3v) is 2.82. The summed E-state index contributed by atoms with van der Waals surface area (Å²) in [6.45, 7) is 7.50. The molecule has 1 N–H and O–H groups in total. The van der Waals surface area contributed by atoms with Crippen LogP contribution in [-0.2, 0) is 32.0 Å². The van der Waals surface area contributed by atoms with Gasteiger partial charge in [-0.1, -0.05) is 0 Å². The standard InChI is InChI=1S/C9H12P.C5H8O2.Pt/c1-10(2)8-9-6-4-3-5-7-9;1-4(6)3-5(2)7;/h3-6H,8H2,1-2H3;3,6H,1-2H3;/q-1;;/p+1. The number of rotatable bonds is 3. The van der Waals surface area contributed by atoms with Gasteiger partial charge in [0.25, 0.3) is 0 Å². The van der Waals surface area contributed by atoms with Crippen LogP contribution >= 0.6 is 7.92 Å². The zero-order chi connectivity index (χ0) is 13.3. The van der Waals surface area contributed by atoms with Crippen LogP contribution in [0.15, 0.2) is 36.1 Å². The molecule has 104 valence electrons. The monoisotopic (exact) mass is 447 g/mol. The first-order valence-corrected chi connectivity index (χ1v) is 8.25. The van der Waals surface area contributed by atoms with Crippen LogP contribution < -0.4 is 0 Å². The summed E-state index contributed by atoms with van der Waals surface area (Å²) < 4.78 is 0. The average Bonchev–Trinajstić information content (AvgIpc) is 2.16. The Hall–Kier alpha value is -0.452. The van der Waals surface area contributed by atoms with Crippen LogP contribution in [0.4, 0.5) is 0 Å². The van der Waals surface area contributed by atoms with E-state index in [1.54, 1.807) is 0 Å². The number of allylic oxidation sites excluding steroid dienone is 2. The molecule has 0 radical (unpaired) electrons. The van der Waals surface area contributed by atoms with Gasteiger partial charge in [-0.05, 0) is 21.8 Å². The molecule has 0 unspecified atom stereocenters. The molecule has 0 aliphatic heterocycles. The van der Waals surface area contributed by atoms with Crippen molar-refractivity contribution < 1.29 is 31.0 Å². The first-order valence-electron chi connectivity index (χ1n) is 5.54. The minimum absolute atomic E-state index is 0. The largest absolute Gasteiger partial charge is 0.512 e. The Balaban J connectivity index is 0. The molecular weight excluding hydrogens is 426 g/mol. The summed E-state index contributed by atoms with van der Waals surface area (Å²) >= 11 is 0. The van der Waals surface area contributed by atoms with E-state index in [0.717, 1.165) is 0 Å². The molecule has 0 aliphatic carbocycles. The Bertz CT molecular complexity index is 357. The second-order valence-electron chi connectivity index (χ2n) is 4.17. The van der Waals surface area contributed by atoms with Crippen molar-refractivity contribution in [1.82, 2.24) is 0 Å². The molecule has 2 nitrogen and oxygen atoms in total. The van der Waals surface area contributed by atoms with E-state index in [-0.39, 0.29) is 40.5 Å². The molecule has 18 heavy (non-hydrogen) atoms. The Morgan fingerprint density at radius 2 is 2.00 bits per heavy atom. The predicted octanol–water partition coefficient (Wildman–Crippen LogP) is 3.50. The maximum atomic E-state index is 10.0. The Kier molecular flexibility index (Phi) is 12.8. The van der Waals surface area contributed by atoms with Crippen molar-refractivity contribution >= 4 is 13.7 Å². The van der Waals surface area contributed by atoms with E-state index in [2.05, 4.69) is 31.5 Å². The molecule has 1 aromatic rings. The number of carbonyl (C=O) groups is 1. The molecule has 0 saturated carbocycles. The van der Waals surface area contributed by atoms with E-state index in [4.69, 9.17) is 5.11 Å². The fourth-order valence-electron chi connectivity index (χ4n) is 1.22. The van der Waals surface area contributed by atoms with Gasteiger partial charge in [-0.15, -0.1) is 5.56 Å². The molecule has 0 saturated heterocycles. The Labute approximate surface area is 126 Å². The molecule has 0 aromatic heterocycles. The molecule has 0 fully saturated rings. The Morgan fingerprint density at radius 1 is 1.39 bits per heavy atom. The third kappa shape index (κ3) is 13.6. The topological polar surface area (TPSA) is 37.3 Å². The number of benzene rings is 1. The number of aliphatic hydroxyl groups is 1. The van der Waals surface area contributed by atoms with Crippen LogP contribution in [0.2, 0.25) is 0 Å². The average molecular weight is 447 g/mol. The molecule has 4 heteroatoms. The normalized spacial score (nSPS) is 10.2. The summed E-state index contributed by atoms with van der Waals surface area (Å²) in [6.07, 6.45) is 2.41. The van der Waals surface area contributed by atoms with E-state index in [0.29, 0.717) is 0 Å². The smallest absolute Gasteiger partial charge is 0.155 e. The van der Waals surface area contributed by atoms with E-state index in [9.17, 15) is 4.79 Å². The van der Waals surface area contributed by atoms with Crippen molar-refractivity contribution in [3.8, 4) is 0 Å². The van der Waals surface area contributed by atoms with Gasteiger partial charge in [-0.3, -0.25) is 4.79 Å². The molecule has 0 atom stereocenters. The molecule has 0 bridgehead atoms. The van der Waals surface area contributed by atoms with Crippen molar-refractivity contribution in [1.29, 1.82) is 0 Å². The van der Waals surface area contributed by atoms with Crippen LogP contribution in [0.25, 0.3) is 0 Å². The van der Waals surface area contributed by atoms with Crippen LogP contribution in [0.1, 0.15) is 19.4 Å². The van der Waals surface area contributed by atoms with Crippen molar-refractivity contribution in [2.24, 2.45) is 0 Å². The maximum Gasteiger partial charge on any atom is 0.155 e. The summed E-state index contributed by atoms with van der Waals surface area (Å²) in [5.41, 5.74) is 1.36. The number of aliphatic hydroxyl groups excluding tert-OH is 1. The van der Waals surface area contributed by atoms with E-state index < -0.39 is 0 Å². The minimum Gasteiger partial charge on any atom is -0.512 e. The Morgan fingerprint density at radius 3 is 2.28 bits per heavy atom. The van der Waals surface area contributed by atoms with E-state index in [1.807, 2.05) is 12.1 Å². The summed E-state index contributed by atoms with van der Waals surface area (Å²) in [4.78, 5) is 10.0. The van der Waals surface area contributed by atoms with Crippen LogP contribution in [0, 0.1) is 6.07 Å². The summed E-state index contributed by atoms with van der Waals surface area (Å²) in [6, 6.07) is 11.5. The minimum atomic E-state index is -0.125. The van der Waals surface area contributed by atoms with Gasteiger partial charge < -0.3 is 5.11 Å². The number of hydrogen-bond donors (Lipinski definition) is 1. The number of ketones is 1.